The van der Waals surface area contributed by atoms with Crippen LogP contribution < -0.4 is 0 Å². The maximum Gasteiger partial charge on any atom is 0.308 e. The van der Waals surface area contributed by atoms with Gasteiger partial charge < -0.3 is 10.0 Å². The number of aliphatic carboxylic acids is 1. The van der Waals surface area contributed by atoms with Gasteiger partial charge in [0.15, 0.2) is 0 Å². The first kappa shape index (κ1) is 14.6. The summed E-state index contributed by atoms with van der Waals surface area (Å²) in [6.45, 7) is 2.81. The lowest BCUT2D eigenvalue weighted by molar-refractivity contribution is -0.142. The lowest BCUT2D eigenvalue weighted by Gasteiger charge is -2.14. The summed E-state index contributed by atoms with van der Waals surface area (Å²) in [5, 5.41) is 9.18. The molecule has 5 heteroatoms. The Labute approximate surface area is 128 Å². The minimum atomic E-state index is -0.792. The number of thiophene rings is 1. The van der Waals surface area contributed by atoms with Crippen molar-refractivity contribution in [2.24, 2.45) is 11.8 Å². The molecule has 114 valence electrons. The second kappa shape index (κ2) is 5.79. The molecule has 0 aromatic carbocycles. The van der Waals surface area contributed by atoms with Gasteiger partial charge in [0.25, 0.3) is 5.91 Å². The summed E-state index contributed by atoms with van der Waals surface area (Å²) >= 11 is 1.62. The highest BCUT2D eigenvalue weighted by Gasteiger charge is 2.37. The van der Waals surface area contributed by atoms with E-state index in [4.69, 9.17) is 0 Å². The van der Waals surface area contributed by atoms with Crippen molar-refractivity contribution >= 4 is 23.2 Å². The highest BCUT2D eigenvalue weighted by atomic mass is 32.1. The molecule has 1 amide bonds. The maximum atomic E-state index is 12.6. The summed E-state index contributed by atoms with van der Waals surface area (Å²) in [6.07, 6.45) is 5.85. The average molecular weight is 307 g/mol. The molecule has 1 aliphatic heterocycles. The first-order valence-electron chi connectivity index (χ1n) is 7.70. The molecule has 1 aliphatic carbocycles. The Balaban J connectivity index is 1.76. The number of hydrogen-bond acceptors (Lipinski definition) is 3. The standard InChI is InChI=1S/C16H21NO3S/c1-10-8-17(9-12(10)16(19)20)15(18)14-7-11-5-3-2-4-6-13(11)21-14/h7,10,12H,2-6,8-9H2,1H3,(H,19,20)/t10-,12-/m1/s1. The van der Waals surface area contributed by atoms with E-state index in [1.165, 1.54) is 29.7 Å². The minimum absolute atomic E-state index is 0.0173. The number of nitrogens with zero attached hydrogens (tertiary/aromatic N) is 1. The van der Waals surface area contributed by atoms with Crippen molar-refractivity contribution in [3.8, 4) is 0 Å². The number of likely N-dealkylation sites (tertiary alicyclic amines) is 1. The molecule has 21 heavy (non-hydrogen) atoms. The molecule has 1 fully saturated rings. The number of carbonyl (C=O) groups excluding carboxylic acids is 1. The molecule has 1 saturated heterocycles. The van der Waals surface area contributed by atoms with Gasteiger partial charge in [-0.2, -0.15) is 0 Å². The second-order valence-corrected chi connectivity index (χ2v) is 7.39. The van der Waals surface area contributed by atoms with Crippen LogP contribution in [-0.4, -0.2) is 35.0 Å². The fourth-order valence-electron chi connectivity index (χ4n) is 3.38. The predicted octanol–water partition coefficient (Wildman–Crippen LogP) is 2.81. The minimum Gasteiger partial charge on any atom is -0.481 e. The first-order valence-corrected chi connectivity index (χ1v) is 8.51. The molecule has 3 rings (SSSR count). The zero-order chi connectivity index (χ0) is 15.0. The van der Waals surface area contributed by atoms with Gasteiger partial charge in [0.05, 0.1) is 10.8 Å². The average Bonchev–Trinajstić information content (AvgIpc) is 2.96. The SMILES string of the molecule is C[C@@H]1CN(C(=O)c2cc3c(s2)CCCCC3)C[C@H]1C(=O)O. The molecule has 1 aromatic rings. The van der Waals surface area contributed by atoms with Gasteiger partial charge in [-0.05, 0) is 43.2 Å². The first-order chi connectivity index (χ1) is 10.1. The Kier molecular flexibility index (Phi) is 4.02. The Morgan fingerprint density at radius 1 is 1.24 bits per heavy atom. The summed E-state index contributed by atoms with van der Waals surface area (Å²) in [5.41, 5.74) is 1.34. The Hall–Kier alpha value is -1.36. The third-order valence-corrected chi connectivity index (χ3v) is 5.90. The Morgan fingerprint density at radius 2 is 2.00 bits per heavy atom. The molecule has 0 saturated carbocycles. The molecule has 2 atom stereocenters. The molecule has 4 nitrogen and oxygen atoms in total. The number of aryl methyl sites for hydroxylation is 2. The van der Waals surface area contributed by atoms with Crippen LogP contribution in [0.4, 0.5) is 0 Å². The third-order valence-electron chi connectivity index (χ3n) is 4.67. The van der Waals surface area contributed by atoms with E-state index < -0.39 is 11.9 Å². The summed E-state index contributed by atoms with van der Waals surface area (Å²) in [6, 6.07) is 2.05. The van der Waals surface area contributed by atoms with Crippen molar-refractivity contribution in [2.75, 3.05) is 13.1 Å². The topological polar surface area (TPSA) is 57.6 Å². The van der Waals surface area contributed by atoms with Crippen LogP contribution in [0.25, 0.3) is 0 Å². The van der Waals surface area contributed by atoms with Crippen LogP contribution >= 0.6 is 11.3 Å². The number of carbonyl (C=O) groups is 2. The van der Waals surface area contributed by atoms with Gasteiger partial charge in [0, 0.05) is 18.0 Å². The highest BCUT2D eigenvalue weighted by Crippen LogP contribution is 2.31. The molecular formula is C16H21NO3S. The van der Waals surface area contributed by atoms with E-state index in [0.717, 1.165) is 17.7 Å². The van der Waals surface area contributed by atoms with Crippen molar-refractivity contribution in [3.63, 3.8) is 0 Å². The van der Waals surface area contributed by atoms with E-state index >= 15 is 0 Å². The van der Waals surface area contributed by atoms with Crippen LogP contribution in [0, 0.1) is 11.8 Å². The fraction of sp³-hybridized carbons (Fsp3) is 0.625. The largest absolute Gasteiger partial charge is 0.481 e. The second-order valence-electron chi connectivity index (χ2n) is 6.25. The molecule has 1 aromatic heterocycles. The number of carboxylic acid groups (broad SMARTS) is 1. The summed E-state index contributed by atoms with van der Waals surface area (Å²) in [4.78, 5) is 27.7. The Bertz CT molecular complexity index is 542. The molecule has 2 heterocycles. The van der Waals surface area contributed by atoms with Crippen molar-refractivity contribution in [1.29, 1.82) is 0 Å². The third kappa shape index (κ3) is 2.84. The van der Waals surface area contributed by atoms with Crippen LogP contribution in [-0.2, 0) is 17.6 Å². The van der Waals surface area contributed by atoms with Gasteiger partial charge in [0.2, 0.25) is 0 Å². The van der Waals surface area contributed by atoms with E-state index in [0.29, 0.717) is 13.1 Å². The van der Waals surface area contributed by atoms with Gasteiger partial charge >= 0.3 is 5.97 Å². The zero-order valence-corrected chi connectivity index (χ0v) is 13.1. The number of rotatable bonds is 2. The molecule has 1 N–H and O–H groups in total. The van der Waals surface area contributed by atoms with Crippen molar-refractivity contribution < 1.29 is 14.7 Å². The Morgan fingerprint density at radius 3 is 2.71 bits per heavy atom. The molecule has 0 bridgehead atoms. The van der Waals surface area contributed by atoms with Crippen molar-refractivity contribution in [1.82, 2.24) is 4.90 Å². The maximum absolute atomic E-state index is 12.6. The lowest BCUT2D eigenvalue weighted by atomic mass is 9.99. The van der Waals surface area contributed by atoms with E-state index in [1.54, 1.807) is 16.2 Å². The number of amides is 1. The van der Waals surface area contributed by atoms with E-state index in [-0.39, 0.29) is 11.8 Å². The number of carboxylic acids is 1. The monoisotopic (exact) mass is 307 g/mol. The number of fused-ring (bicyclic) bond motifs is 1. The normalized spacial score (nSPS) is 25.5. The van der Waals surface area contributed by atoms with Crippen LogP contribution in [0.3, 0.4) is 0 Å². The molecule has 0 unspecified atom stereocenters. The predicted molar refractivity (Wildman–Crippen MR) is 81.8 cm³/mol. The molecule has 0 spiro atoms. The number of hydrogen-bond donors (Lipinski definition) is 1. The smallest absolute Gasteiger partial charge is 0.308 e. The van der Waals surface area contributed by atoms with Crippen molar-refractivity contribution in [2.45, 2.75) is 39.0 Å². The molecule has 0 radical (unpaired) electrons. The summed E-state index contributed by atoms with van der Waals surface area (Å²) in [7, 11) is 0. The lowest BCUT2D eigenvalue weighted by Crippen LogP contribution is -2.29. The van der Waals surface area contributed by atoms with E-state index in [9.17, 15) is 14.7 Å². The van der Waals surface area contributed by atoms with Crippen LogP contribution in [0.2, 0.25) is 0 Å². The van der Waals surface area contributed by atoms with E-state index in [1.807, 2.05) is 13.0 Å². The van der Waals surface area contributed by atoms with Gasteiger partial charge in [-0.3, -0.25) is 9.59 Å². The van der Waals surface area contributed by atoms with Gasteiger partial charge in [-0.15, -0.1) is 11.3 Å². The van der Waals surface area contributed by atoms with Crippen LogP contribution in [0.15, 0.2) is 6.07 Å². The van der Waals surface area contributed by atoms with Crippen LogP contribution in [0.1, 0.15) is 46.3 Å². The molecule has 2 aliphatic rings. The summed E-state index contributed by atoms with van der Waals surface area (Å²) in [5.74, 6) is -1.17. The van der Waals surface area contributed by atoms with Crippen LogP contribution in [0.5, 0.6) is 0 Å². The quantitative estimate of drug-likeness (QED) is 0.855. The van der Waals surface area contributed by atoms with E-state index in [2.05, 4.69) is 0 Å². The van der Waals surface area contributed by atoms with Gasteiger partial charge in [-0.1, -0.05) is 13.3 Å². The highest BCUT2D eigenvalue weighted by molar-refractivity contribution is 7.14. The summed E-state index contributed by atoms with van der Waals surface area (Å²) < 4.78 is 0. The van der Waals surface area contributed by atoms with Crippen molar-refractivity contribution in [3.05, 3.63) is 21.4 Å². The van der Waals surface area contributed by atoms with Gasteiger partial charge in [0.1, 0.15) is 0 Å². The zero-order valence-electron chi connectivity index (χ0n) is 12.3. The fourth-order valence-corrected chi connectivity index (χ4v) is 4.60. The molecular weight excluding hydrogens is 286 g/mol. The van der Waals surface area contributed by atoms with Gasteiger partial charge in [-0.25, -0.2) is 0 Å².